The van der Waals surface area contributed by atoms with E-state index in [1.54, 1.807) is 0 Å². The van der Waals surface area contributed by atoms with Crippen molar-refractivity contribution in [3.63, 3.8) is 0 Å². The zero-order chi connectivity index (χ0) is 21.4. The standard InChI is InChI=1S/C12H18BrN3O2/c1-12(2,3)18-11(17)15-6-4-5-10(15)16-8-9(13)7-14-16/h7-8,10H,4-6H2,1-3H3/i4D2,5D2,6D2,7D,8D,10D. The van der Waals surface area contributed by atoms with Gasteiger partial charge in [-0.15, -0.1) is 0 Å². The summed E-state index contributed by atoms with van der Waals surface area (Å²) in [5.41, 5.74) is -1.15. The minimum absolute atomic E-state index is 0.0395. The fourth-order valence-corrected chi connectivity index (χ4v) is 1.42. The van der Waals surface area contributed by atoms with E-state index in [2.05, 4.69) is 21.0 Å². The number of nitrogens with zero attached hydrogens (tertiary/aromatic N) is 3. The normalized spacial score (nSPS) is 40.0. The van der Waals surface area contributed by atoms with Gasteiger partial charge in [-0.2, -0.15) is 5.10 Å². The Hall–Kier alpha value is -1.04. The van der Waals surface area contributed by atoms with Gasteiger partial charge in [-0.25, -0.2) is 9.48 Å². The smallest absolute Gasteiger partial charge is 0.411 e. The third-order valence-electron chi connectivity index (χ3n) is 1.78. The van der Waals surface area contributed by atoms with Crippen LogP contribution in [0.1, 0.15) is 52.0 Å². The van der Waals surface area contributed by atoms with Crippen molar-refractivity contribution in [2.24, 2.45) is 0 Å². The molecular weight excluding hydrogens is 298 g/mol. The van der Waals surface area contributed by atoms with Crippen molar-refractivity contribution < 1.29 is 21.9 Å². The van der Waals surface area contributed by atoms with Crippen LogP contribution in [0.3, 0.4) is 0 Å². The molecule has 0 N–H and O–H groups in total. The number of carbonyl (C=O) groups excluding carboxylic acids is 1. The maximum Gasteiger partial charge on any atom is 0.411 e. The number of amides is 1. The lowest BCUT2D eigenvalue weighted by Crippen LogP contribution is -2.38. The minimum Gasteiger partial charge on any atom is -0.444 e. The lowest BCUT2D eigenvalue weighted by Gasteiger charge is -2.28. The molecule has 5 nitrogen and oxygen atoms in total. The van der Waals surface area contributed by atoms with Crippen LogP contribution in [0.2, 0.25) is 0 Å². The molecule has 1 amide bonds. The molecule has 0 aliphatic carbocycles. The average Bonchev–Trinajstić information content (AvgIpc) is 2.75. The van der Waals surface area contributed by atoms with E-state index in [1.165, 1.54) is 20.8 Å². The van der Waals surface area contributed by atoms with Gasteiger partial charge in [-0.3, -0.25) is 4.90 Å². The SMILES string of the molecule is [2H]c1nn(C2([2H])N(C(=O)OC(C)(C)C)C([2H])([2H])C([2H])([2H])C2([2H])[2H])c([2H])c1Br. The van der Waals surface area contributed by atoms with E-state index >= 15 is 0 Å². The van der Waals surface area contributed by atoms with Crippen molar-refractivity contribution >= 4 is 22.0 Å². The largest absolute Gasteiger partial charge is 0.444 e. The highest BCUT2D eigenvalue weighted by molar-refractivity contribution is 9.10. The fraction of sp³-hybridized carbons (Fsp3) is 0.667. The molecule has 100 valence electrons. The molecule has 0 aromatic carbocycles. The van der Waals surface area contributed by atoms with Crippen LogP contribution < -0.4 is 0 Å². The molecule has 1 aliphatic rings. The number of likely N-dealkylation sites (tertiary alicyclic amines) is 1. The molecule has 1 aromatic heterocycles. The Kier molecular flexibility index (Phi) is 1.62. The second kappa shape index (κ2) is 4.91. The Bertz CT molecular complexity index is 792. The van der Waals surface area contributed by atoms with Crippen LogP contribution in [0, 0.1) is 0 Å². The Morgan fingerprint density at radius 2 is 2.50 bits per heavy atom. The molecule has 2 rings (SSSR count). The molecule has 1 aromatic rings. The van der Waals surface area contributed by atoms with Crippen molar-refractivity contribution in [1.82, 2.24) is 14.7 Å². The van der Waals surface area contributed by atoms with Crippen molar-refractivity contribution in [1.29, 1.82) is 0 Å². The van der Waals surface area contributed by atoms with Gasteiger partial charge in [0, 0.05) is 20.9 Å². The maximum absolute atomic E-state index is 12.7. The first-order valence-electron chi connectivity index (χ1n) is 9.59. The zero-order valence-corrected chi connectivity index (χ0v) is 11.6. The quantitative estimate of drug-likeness (QED) is 0.797. The van der Waals surface area contributed by atoms with Crippen molar-refractivity contribution in [2.45, 2.75) is 45.3 Å². The summed E-state index contributed by atoms with van der Waals surface area (Å²) < 4.78 is 77.8. The molecule has 0 radical (unpaired) electrons. The van der Waals surface area contributed by atoms with Gasteiger partial charge in [0.15, 0.2) is 0 Å². The van der Waals surface area contributed by atoms with Crippen molar-refractivity contribution in [3.05, 3.63) is 16.8 Å². The summed E-state index contributed by atoms with van der Waals surface area (Å²) in [6.07, 6.45) is -12.7. The molecule has 1 unspecified atom stereocenters. The Morgan fingerprint density at radius 3 is 3.06 bits per heavy atom. The van der Waals surface area contributed by atoms with Gasteiger partial charge < -0.3 is 4.74 Å². The van der Waals surface area contributed by atoms with Gasteiger partial charge >= 0.3 is 6.09 Å². The number of ether oxygens (including phenoxy) is 1. The van der Waals surface area contributed by atoms with E-state index in [9.17, 15) is 4.79 Å². The van der Waals surface area contributed by atoms with E-state index in [0.29, 0.717) is 4.68 Å². The van der Waals surface area contributed by atoms with Crippen LogP contribution in [-0.4, -0.2) is 32.9 Å². The number of carbonyl (C=O) groups is 1. The Balaban J connectivity index is 2.84. The predicted octanol–water partition coefficient (Wildman–Crippen LogP) is 3.18. The first kappa shape index (κ1) is 5.94. The van der Waals surface area contributed by atoms with E-state index in [1.807, 2.05) is 0 Å². The third-order valence-corrected chi connectivity index (χ3v) is 2.14. The van der Waals surface area contributed by atoms with Gasteiger partial charge in [0.05, 0.1) is 14.8 Å². The van der Waals surface area contributed by atoms with Crippen LogP contribution in [0.25, 0.3) is 0 Å². The van der Waals surface area contributed by atoms with Crippen LogP contribution in [0.4, 0.5) is 4.79 Å². The van der Waals surface area contributed by atoms with E-state index in [0.717, 1.165) is 0 Å². The number of hydrogen-bond donors (Lipinski definition) is 0. The van der Waals surface area contributed by atoms with Crippen LogP contribution >= 0.6 is 15.9 Å². The highest BCUT2D eigenvalue weighted by Gasteiger charge is 2.33. The summed E-state index contributed by atoms with van der Waals surface area (Å²) in [5.74, 6) is 0. The Morgan fingerprint density at radius 1 is 1.78 bits per heavy atom. The Labute approximate surface area is 128 Å². The third kappa shape index (κ3) is 3.04. The lowest BCUT2D eigenvalue weighted by molar-refractivity contribution is 0.0149. The zero-order valence-electron chi connectivity index (χ0n) is 19.0. The molecule has 1 aliphatic heterocycles. The van der Waals surface area contributed by atoms with Crippen LogP contribution in [0.5, 0.6) is 0 Å². The molecular formula is C12H18BrN3O2. The number of rotatable bonds is 1. The molecule has 0 saturated carbocycles. The highest BCUT2D eigenvalue weighted by Crippen LogP contribution is 2.28. The number of hydrogen-bond acceptors (Lipinski definition) is 3. The second-order valence-corrected chi connectivity index (χ2v) is 5.24. The molecule has 0 spiro atoms. The van der Waals surface area contributed by atoms with E-state index in [-0.39, 0.29) is 9.37 Å². The summed E-state index contributed by atoms with van der Waals surface area (Å²) in [6, 6.07) is 0. The van der Waals surface area contributed by atoms with E-state index < -0.39 is 49.4 Å². The molecule has 2 heterocycles. The van der Waals surface area contributed by atoms with Gasteiger partial charge in [-0.05, 0) is 49.4 Å². The lowest BCUT2D eigenvalue weighted by atomic mass is 10.2. The van der Waals surface area contributed by atoms with Crippen LogP contribution in [-0.2, 0) is 4.74 Å². The maximum atomic E-state index is 12.7. The van der Waals surface area contributed by atoms with Crippen LogP contribution in [0.15, 0.2) is 16.8 Å². The molecule has 1 saturated heterocycles. The monoisotopic (exact) mass is 324 g/mol. The summed E-state index contributed by atoms with van der Waals surface area (Å²) >= 11 is 2.89. The topological polar surface area (TPSA) is 47.4 Å². The summed E-state index contributed by atoms with van der Waals surface area (Å²) in [4.78, 5) is 12.7. The number of halogens is 1. The first-order valence-corrected chi connectivity index (χ1v) is 5.89. The van der Waals surface area contributed by atoms with Crippen molar-refractivity contribution in [3.8, 4) is 0 Å². The average molecular weight is 325 g/mol. The molecule has 1 fully saturated rings. The summed E-state index contributed by atoms with van der Waals surface area (Å²) in [6.45, 7) is 1.07. The molecule has 0 bridgehead atoms. The van der Waals surface area contributed by atoms with Gasteiger partial charge in [-0.1, -0.05) is 0 Å². The molecule has 6 heteroatoms. The second-order valence-electron chi connectivity index (χ2n) is 4.45. The predicted molar refractivity (Wildman–Crippen MR) is 71.1 cm³/mol. The van der Waals surface area contributed by atoms with Gasteiger partial charge in [0.25, 0.3) is 0 Å². The number of aromatic nitrogens is 2. The fourth-order valence-electron chi connectivity index (χ4n) is 1.17. The van der Waals surface area contributed by atoms with E-state index in [4.69, 9.17) is 17.1 Å². The van der Waals surface area contributed by atoms with Crippen molar-refractivity contribution in [2.75, 3.05) is 6.50 Å². The van der Waals surface area contributed by atoms with Gasteiger partial charge in [0.1, 0.15) is 11.7 Å². The molecule has 1 atom stereocenters. The summed E-state index contributed by atoms with van der Waals surface area (Å²) in [7, 11) is 0. The molecule has 18 heavy (non-hydrogen) atoms. The summed E-state index contributed by atoms with van der Waals surface area (Å²) in [5, 5.41) is 3.56. The minimum atomic E-state index is -3.37. The first-order chi connectivity index (χ1) is 11.8. The highest BCUT2D eigenvalue weighted by atomic mass is 79.9. The van der Waals surface area contributed by atoms with Gasteiger partial charge in [0.2, 0.25) is 0 Å².